The highest BCUT2D eigenvalue weighted by molar-refractivity contribution is 5.73. The van der Waals surface area contributed by atoms with Gasteiger partial charge in [-0.1, -0.05) is 12.8 Å². The molecule has 1 rings (SSSR count). The van der Waals surface area contributed by atoms with E-state index in [1.807, 2.05) is 0 Å². The van der Waals surface area contributed by atoms with Crippen molar-refractivity contribution in [1.29, 1.82) is 0 Å². The first-order valence-corrected chi connectivity index (χ1v) is 5.82. The summed E-state index contributed by atoms with van der Waals surface area (Å²) >= 11 is 0. The van der Waals surface area contributed by atoms with Gasteiger partial charge in [0.2, 0.25) is 5.91 Å². The molecule has 0 aromatic heterocycles. The molecule has 4 heteroatoms. The van der Waals surface area contributed by atoms with Crippen LogP contribution in [-0.2, 0) is 4.79 Å². The Morgan fingerprint density at radius 1 is 1.47 bits per heavy atom. The van der Waals surface area contributed by atoms with E-state index in [4.69, 9.17) is 5.73 Å². The second kappa shape index (κ2) is 6.08. The molecule has 0 aromatic rings. The summed E-state index contributed by atoms with van der Waals surface area (Å²) in [6.45, 7) is 3.18. The SMILES string of the molecule is CC(=O)N[C@H]1CCCC[C@@H]1N(C)CCN. The van der Waals surface area contributed by atoms with Gasteiger partial charge in [-0.15, -0.1) is 0 Å². The van der Waals surface area contributed by atoms with Crippen LogP contribution in [0, 0.1) is 0 Å². The minimum absolute atomic E-state index is 0.0769. The third-order valence-corrected chi connectivity index (χ3v) is 3.17. The number of hydrogen-bond donors (Lipinski definition) is 2. The van der Waals surface area contributed by atoms with Gasteiger partial charge in [0.1, 0.15) is 0 Å². The Morgan fingerprint density at radius 2 is 2.13 bits per heavy atom. The predicted octanol–water partition coefficient (Wildman–Crippen LogP) is 0.324. The number of carbonyl (C=O) groups is 1. The third-order valence-electron chi connectivity index (χ3n) is 3.17. The molecule has 0 bridgehead atoms. The summed E-state index contributed by atoms with van der Waals surface area (Å²) in [5, 5.41) is 3.05. The van der Waals surface area contributed by atoms with Crippen molar-refractivity contribution in [3.05, 3.63) is 0 Å². The maximum Gasteiger partial charge on any atom is 0.217 e. The van der Waals surface area contributed by atoms with E-state index in [1.54, 1.807) is 6.92 Å². The van der Waals surface area contributed by atoms with E-state index in [9.17, 15) is 4.79 Å². The zero-order chi connectivity index (χ0) is 11.3. The lowest BCUT2D eigenvalue weighted by molar-refractivity contribution is -0.120. The monoisotopic (exact) mass is 213 g/mol. The molecule has 0 heterocycles. The van der Waals surface area contributed by atoms with Gasteiger partial charge in [0, 0.05) is 32.1 Å². The van der Waals surface area contributed by atoms with Crippen molar-refractivity contribution in [1.82, 2.24) is 10.2 Å². The van der Waals surface area contributed by atoms with Crippen LogP contribution in [0.4, 0.5) is 0 Å². The van der Waals surface area contributed by atoms with Gasteiger partial charge in [0.25, 0.3) is 0 Å². The first-order chi connectivity index (χ1) is 7.15. The maximum atomic E-state index is 11.1. The Hall–Kier alpha value is -0.610. The number of nitrogens with zero attached hydrogens (tertiary/aromatic N) is 1. The van der Waals surface area contributed by atoms with Crippen molar-refractivity contribution in [3.8, 4) is 0 Å². The van der Waals surface area contributed by atoms with Crippen LogP contribution in [0.1, 0.15) is 32.6 Å². The molecule has 1 aliphatic carbocycles. The zero-order valence-electron chi connectivity index (χ0n) is 9.83. The zero-order valence-corrected chi connectivity index (χ0v) is 9.83. The number of nitrogens with two attached hydrogens (primary N) is 1. The molecule has 0 radical (unpaired) electrons. The van der Waals surface area contributed by atoms with E-state index < -0.39 is 0 Å². The van der Waals surface area contributed by atoms with Crippen molar-refractivity contribution in [2.24, 2.45) is 5.73 Å². The van der Waals surface area contributed by atoms with Gasteiger partial charge in [-0.25, -0.2) is 0 Å². The fourth-order valence-corrected chi connectivity index (χ4v) is 2.44. The molecule has 88 valence electrons. The van der Waals surface area contributed by atoms with Gasteiger partial charge >= 0.3 is 0 Å². The van der Waals surface area contributed by atoms with Gasteiger partial charge in [-0.3, -0.25) is 4.79 Å². The van der Waals surface area contributed by atoms with Gasteiger partial charge in [0.05, 0.1) is 0 Å². The lowest BCUT2D eigenvalue weighted by Crippen LogP contribution is -2.52. The number of hydrogen-bond acceptors (Lipinski definition) is 3. The van der Waals surface area contributed by atoms with Crippen LogP contribution in [0.25, 0.3) is 0 Å². The molecule has 15 heavy (non-hydrogen) atoms. The summed E-state index contributed by atoms with van der Waals surface area (Å²) < 4.78 is 0. The molecule has 3 N–H and O–H groups in total. The van der Waals surface area contributed by atoms with E-state index in [2.05, 4.69) is 17.3 Å². The predicted molar refractivity (Wildman–Crippen MR) is 61.5 cm³/mol. The molecule has 1 amide bonds. The second-order valence-electron chi connectivity index (χ2n) is 4.43. The van der Waals surface area contributed by atoms with Crippen LogP contribution in [0.15, 0.2) is 0 Å². The highest BCUT2D eigenvalue weighted by atomic mass is 16.1. The van der Waals surface area contributed by atoms with Crippen LogP contribution in [-0.4, -0.2) is 43.0 Å². The summed E-state index contributed by atoms with van der Waals surface area (Å²) in [6, 6.07) is 0.777. The molecule has 0 saturated heterocycles. The number of carbonyl (C=O) groups excluding carboxylic acids is 1. The normalized spacial score (nSPS) is 26.7. The fraction of sp³-hybridized carbons (Fsp3) is 0.909. The molecule has 1 fully saturated rings. The maximum absolute atomic E-state index is 11.1. The van der Waals surface area contributed by atoms with E-state index in [0.29, 0.717) is 18.6 Å². The quantitative estimate of drug-likeness (QED) is 0.707. The minimum Gasteiger partial charge on any atom is -0.352 e. The van der Waals surface area contributed by atoms with E-state index >= 15 is 0 Å². The first-order valence-electron chi connectivity index (χ1n) is 5.82. The number of amides is 1. The van der Waals surface area contributed by atoms with Crippen molar-refractivity contribution in [2.45, 2.75) is 44.7 Å². The molecule has 4 nitrogen and oxygen atoms in total. The Morgan fingerprint density at radius 3 is 2.73 bits per heavy atom. The molecule has 0 spiro atoms. The van der Waals surface area contributed by atoms with Crippen molar-refractivity contribution in [3.63, 3.8) is 0 Å². The average molecular weight is 213 g/mol. The molecular formula is C11H23N3O. The minimum atomic E-state index is 0.0769. The lowest BCUT2D eigenvalue weighted by Gasteiger charge is -2.38. The van der Waals surface area contributed by atoms with Crippen LogP contribution in [0.2, 0.25) is 0 Å². The summed E-state index contributed by atoms with van der Waals surface area (Å²) in [5.41, 5.74) is 5.55. The van der Waals surface area contributed by atoms with Gasteiger partial charge in [-0.05, 0) is 19.9 Å². The Kier molecular flexibility index (Phi) is 5.05. The Bertz CT molecular complexity index is 208. The van der Waals surface area contributed by atoms with Crippen molar-refractivity contribution in [2.75, 3.05) is 20.1 Å². The van der Waals surface area contributed by atoms with Crippen LogP contribution >= 0.6 is 0 Å². The molecule has 0 unspecified atom stereocenters. The highest BCUT2D eigenvalue weighted by Gasteiger charge is 2.28. The number of likely N-dealkylation sites (N-methyl/N-ethyl adjacent to an activating group) is 1. The number of rotatable bonds is 4. The average Bonchev–Trinajstić information content (AvgIpc) is 2.18. The lowest BCUT2D eigenvalue weighted by atomic mass is 9.89. The van der Waals surface area contributed by atoms with Gasteiger partial charge in [-0.2, -0.15) is 0 Å². The summed E-state index contributed by atoms with van der Waals surface area (Å²) in [4.78, 5) is 13.4. The Labute approximate surface area is 92.2 Å². The van der Waals surface area contributed by atoms with Crippen molar-refractivity contribution < 1.29 is 4.79 Å². The molecule has 2 atom stereocenters. The first kappa shape index (κ1) is 12.5. The van der Waals surface area contributed by atoms with E-state index in [-0.39, 0.29) is 5.91 Å². The topological polar surface area (TPSA) is 58.4 Å². The van der Waals surface area contributed by atoms with Crippen molar-refractivity contribution >= 4 is 5.91 Å². The molecule has 1 aliphatic rings. The largest absolute Gasteiger partial charge is 0.352 e. The summed E-state index contributed by atoms with van der Waals surface area (Å²) in [5.74, 6) is 0.0769. The van der Waals surface area contributed by atoms with Gasteiger partial charge in [0.15, 0.2) is 0 Å². The highest BCUT2D eigenvalue weighted by Crippen LogP contribution is 2.22. The van der Waals surface area contributed by atoms with Crippen LogP contribution in [0.3, 0.4) is 0 Å². The van der Waals surface area contributed by atoms with Crippen LogP contribution < -0.4 is 11.1 Å². The molecule has 1 saturated carbocycles. The molecule has 0 aromatic carbocycles. The molecule has 0 aliphatic heterocycles. The summed E-state index contributed by atoms with van der Waals surface area (Å²) in [7, 11) is 2.09. The molecular weight excluding hydrogens is 190 g/mol. The fourth-order valence-electron chi connectivity index (χ4n) is 2.44. The smallest absolute Gasteiger partial charge is 0.217 e. The summed E-state index contributed by atoms with van der Waals surface area (Å²) in [6.07, 6.45) is 4.74. The Balaban J connectivity index is 2.52. The van der Waals surface area contributed by atoms with E-state index in [0.717, 1.165) is 13.0 Å². The van der Waals surface area contributed by atoms with Crippen LogP contribution in [0.5, 0.6) is 0 Å². The van der Waals surface area contributed by atoms with E-state index in [1.165, 1.54) is 19.3 Å². The standard InChI is InChI=1S/C11H23N3O/c1-9(15)13-10-5-3-4-6-11(10)14(2)8-7-12/h10-11H,3-8,12H2,1-2H3,(H,13,15)/t10-,11-/m0/s1. The van der Waals surface area contributed by atoms with Gasteiger partial charge < -0.3 is 16.0 Å². The third kappa shape index (κ3) is 3.80. The second-order valence-corrected chi connectivity index (χ2v) is 4.43. The number of nitrogens with one attached hydrogen (secondary N) is 1.